The van der Waals surface area contributed by atoms with Crippen LogP contribution in [0.15, 0.2) is 41.5 Å². The van der Waals surface area contributed by atoms with Gasteiger partial charge < -0.3 is 10.3 Å². The second-order valence-corrected chi connectivity index (χ2v) is 7.51. The zero-order valence-electron chi connectivity index (χ0n) is 16.9. The van der Waals surface area contributed by atoms with Gasteiger partial charge in [-0.1, -0.05) is 23.7 Å². The average molecular weight is 425 g/mol. The molecule has 3 aromatic heterocycles. The van der Waals surface area contributed by atoms with Crippen LogP contribution in [0, 0.1) is 13.8 Å². The first-order chi connectivity index (χ1) is 14.4. The molecule has 0 fully saturated rings. The third-order valence-corrected chi connectivity index (χ3v) is 5.44. The molecule has 154 valence electrons. The molecule has 4 rings (SSSR count). The predicted molar refractivity (Wildman–Crippen MR) is 115 cm³/mol. The minimum Gasteiger partial charge on any atom is -0.346 e. The fourth-order valence-electron chi connectivity index (χ4n) is 3.25. The number of amides is 1. The lowest BCUT2D eigenvalue weighted by Gasteiger charge is -2.06. The van der Waals surface area contributed by atoms with E-state index in [0.29, 0.717) is 28.5 Å². The van der Waals surface area contributed by atoms with Gasteiger partial charge in [0.15, 0.2) is 5.82 Å². The van der Waals surface area contributed by atoms with Crippen molar-refractivity contribution in [1.82, 2.24) is 29.7 Å². The number of aromatic nitrogens is 5. The number of aryl methyl sites for hydroxylation is 3. The lowest BCUT2D eigenvalue weighted by atomic mass is 10.1. The Morgan fingerprint density at radius 1 is 1.23 bits per heavy atom. The van der Waals surface area contributed by atoms with E-state index in [4.69, 9.17) is 11.6 Å². The van der Waals surface area contributed by atoms with Crippen LogP contribution in [0.4, 0.5) is 0 Å². The van der Waals surface area contributed by atoms with Gasteiger partial charge in [0.1, 0.15) is 5.52 Å². The maximum Gasteiger partial charge on any atom is 0.275 e. The van der Waals surface area contributed by atoms with E-state index in [-0.39, 0.29) is 18.0 Å². The molecule has 1 aromatic carbocycles. The van der Waals surface area contributed by atoms with Gasteiger partial charge in [0.2, 0.25) is 0 Å². The van der Waals surface area contributed by atoms with Crippen molar-refractivity contribution >= 4 is 23.0 Å². The largest absolute Gasteiger partial charge is 0.346 e. The molecule has 0 aliphatic heterocycles. The van der Waals surface area contributed by atoms with Crippen LogP contribution in [0.1, 0.15) is 34.1 Å². The summed E-state index contributed by atoms with van der Waals surface area (Å²) < 4.78 is 3.16. The van der Waals surface area contributed by atoms with Crippen molar-refractivity contribution in [2.45, 2.75) is 33.9 Å². The number of nitrogens with one attached hydrogen (secondary N) is 2. The molecule has 0 saturated carbocycles. The van der Waals surface area contributed by atoms with Crippen LogP contribution in [0.2, 0.25) is 5.02 Å². The number of aromatic amines is 1. The summed E-state index contributed by atoms with van der Waals surface area (Å²) in [6.07, 6.45) is 3.10. The monoisotopic (exact) mass is 424 g/mol. The highest BCUT2D eigenvalue weighted by molar-refractivity contribution is 6.31. The Labute approximate surface area is 177 Å². The van der Waals surface area contributed by atoms with E-state index in [2.05, 4.69) is 20.5 Å². The smallest absolute Gasteiger partial charge is 0.275 e. The summed E-state index contributed by atoms with van der Waals surface area (Å²) in [6, 6.07) is 7.38. The maximum absolute atomic E-state index is 12.6. The van der Waals surface area contributed by atoms with Crippen LogP contribution >= 0.6 is 11.6 Å². The molecule has 2 N–H and O–H groups in total. The van der Waals surface area contributed by atoms with Crippen molar-refractivity contribution in [2.75, 3.05) is 0 Å². The highest BCUT2D eigenvalue weighted by Gasteiger charge is 2.15. The second-order valence-electron chi connectivity index (χ2n) is 7.10. The van der Waals surface area contributed by atoms with Gasteiger partial charge >= 0.3 is 0 Å². The van der Waals surface area contributed by atoms with E-state index in [0.717, 1.165) is 22.4 Å². The topological polar surface area (TPSA) is 97.1 Å². The zero-order valence-corrected chi connectivity index (χ0v) is 17.6. The van der Waals surface area contributed by atoms with Gasteiger partial charge in [0.05, 0.1) is 29.0 Å². The van der Waals surface area contributed by atoms with Gasteiger partial charge in [-0.25, -0.2) is 4.52 Å². The Hall–Kier alpha value is -3.39. The number of benzene rings is 1. The Morgan fingerprint density at radius 2 is 2.03 bits per heavy atom. The van der Waals surface area contributed by atoms with Gasteiger partial charge in [-0.2, -0.15) is 5.10 Å². The number of hydrogen-bond acceptors (Lipinski definition) is 4. The normalized spacial score (nSPS) is 11.2. The summed E-state index contributed by atoms with van der Waals surface area (Å²) in [4.78, 5) is 28.0. The molecule has 0 bridgehead atoms. The number of halogens is 1. The molecule has 0 aliphatic rings. The molecular formula is C21H21ClN6O2. The van der Waals surface area contributed by atoms with E-state index in [1.807, 2.05) is 39.0 Å². The molecule has 0 aliphatic carbocycles. The fourth-order valence-corrected chi connectivity index (χ4v) is 3.46. The molecular weight excluding hydrogens is 404 g/mol. The van der Waals surface area contributed by atoms with Crippen LogP contribution in [0.25, 0.3) is 16.9 Å². The van der Waals surface area contributed by atoms with Crippen LogP contribution in [-0.4, -0.2) is 30.3 Å². The van der Waals surface area contributed by atoms with Gasteiger partial charge in [-0.3, -0.25) is 14.3 Å². The molecule has 0 atom stereocenters. The summed E-state index contributed by atoms with van der Waals surface area (Å²) in [6.45, 7) is 6.85. The first-order valence-corrected chi connectivity index (χ1v) is 9.94. The highest BCUT2D eigenvalue weighted by Crippen LogP contribution is 2.19. The molecule has 0 spiro atoms. The maximum atomic E-state index is 12.6. The highest BCUT2D eigenvalue weighted by atomic mass is 35.5. The van der Waals surface area contributed by atoms with E-state index < -0.39 is 0 Å². The Balaban J connectivity index is 1.62. The first-order valence-electron chi connectivity index (χ1n) is 9.56. The summed E-state index contributed by atoms with van der Waals surface area (Å²) in [5.74, 6) is 0.115. The Bertz CT molecular complexity index is 1320. The van der Waals surface area contributed by atoms with Crippen LogP contribution in [-0.2, 0) is 13.1 Å². The molecule has 9 heteroatoms. The summed E-state index contributed by atoms with van der Waals surface area (Å²) in [5, 5.41) is 11.9. The lowest BCUT2D eigenvalue weighted by Crippen LogP contribution is -2.24. The molecule has 3 heterocycles. The third-order valence-electron chi connectivity index (χ3n) is 5.13. The minimum atomic E-state index is -0.326. The number of hydrogen-bond donors (Lipinski definition) is 2. The molecule has 0 saturated heterocycles. The second kappa shape index (κ2) is 7.79. The van der Waals surface area contributed by atoms with E-state index in [1.54, 1.807) is 17.1 Å². The van der Waals surface area contributed by atoms with Gasteiger partial charge in [0.25, 0.3) is 11.5 Å². The van der Waals surface area contributed by atoms with Crippen molar-refractivity contribution in [3.63, 3.8) is 0 Å². The number of nitrogens with zero attached hydrogens (tertiary/aromatic N) is 4. The molecule has 0 unspecified atom stereocenters. The van der Waals surface area contributed by atoms with Crippen molar-refractivity contribution in [3.8, 4) is 11.4 Å². The number of H-pyrrole nitrogens is 1. The Morgan fingerprint density at radius 3 is 2.77 bits per heavy atom. The van der Waals surface area contributed by atoms with Crippen LogP contribution in [0.5, 0.6) is 0 Å². The van der Waals surface area contributed by atoms with E-state index >= 15 is 0 Å². The molecule has 4 aromatic rings. The average Bonchev–Trinajstić information content (AvgIpc) is 3.32. The molecule has 0 radical (unpaired) electrons. The number of fused-ring (bicyclic) bond motifs is 1. The zero-order chi connectivity index (χ0) is 21.4. The van der Waals surface area contributed by atoms with Crippen LogP contribution < -0.4 is 10.9 Å². The van der Waals surface area contributed by atoms with Gasteiger partial charge in [-0.05, 0) is 44.0 Å². The number of carbonyl (C=O) groups is 1. The molecule has 30 heavy (non-hydrogen) atoms. The molecule has 1 amide bonds. The Kier molecular flexibility index (Phi) is 5.17. The summed E-state index contributed by atoms with van der Waals surface area (Å²) >= 11 is 6.14. The van der Waals surface area contributed by atoms with E-state index in [1.165, 1.54) is 10.6 Å². The third kappa shape index (κ3) is 3.61. The predicted octanol–water partition coefficient (Wildman–Crippen LogP) is 3.11. The van der Waals surface area contributed by atoms with Gasteiger partial charge in [0, 0.05) is 18.3 Å². The van der Waals surface area contributed by atoms with E-state index in [9.17, 15) is 9.59 Å². The SMILES string of the molecule is CCn1ncc(Cl)c1CNC(=O)c1cc2c(=O)[nH]c(-c3ccc(C)c(C)c3)nn2c1. The fraction of sp³-hybridized carbons (Fsp3) is 0.238. The summed E-state index contributed by atoms with van der Waals surface area (Å²) in [5.41, 5.74) is 4.11. The number of carbonyl (C=O) groups excluding carboxylic acids is 1. The van der Waals surface area contributed by atoms with Crippen LogP contribution in [0.3, 0.4) is 0 Å². The van der Waals surface area contributed by atoms with Crippen molar-refractivity contribution < 1.29 is 4.79 Å². The first kappa shape index (κ1) is 19.9. The van der Waals surface area contributed by atoms with Crippen molar-refractivity contribution in [1.29, 1.82) is 0 Å². The molecule has 8 nitrogen and oxygen atoms in total. The summed E-state index contributed by atoms with van der Waals surface area (Å²) in [7, 11) is 0. The van der Waals surface area contributed by atoms with Gasteiger partial charge in [-0.15, -0.1) is 5.10 Å². The number of rotatable bonds is 5. The lowest BCUT2D eigenvalue weighted by molar-refractivity contribution is 0.0950. The standard InChI is InChI=1S/C21H21ClN6O2/c1-4-27-18(16(22)9-24-27)10-23-20(29)15-8-17-21(30)25-19(26-28(17)11-15)14-6-5-12(2)13(3)7-14/h5-9,11H,4,10H2,1-3H3,(H,23,29)(H,25,26,30). The van der Waals surface area contributed by atoms with Crippen molar-refractivity contribution in [3.05, 3.63) is 74.4 Å². The minimum absolute atomic E-state index is 0.232. The quantitative estimate of drug-likeness (QED) is 0.514. The van der Waals surface area contributed by atoms with Crippen molar-refractivity contribution in [2.24, 2.45) is 0 Å².